The lowest BCUT2D eigenvalue weighted by Crippen LogP contribution is -2.26. The molecule has 0 spiro atoms. The molecule has 1 amide bonds. The van der Waals surface area contributed by atoms with Crippen molar-refractivity contribution in [3.63, 3.8) is 0 Å². The first-order valence-electron chi connectivity index (χ1n) is 8.38. The second kappa shape index (κ2) is 7.58. The summed E-state index contributed by atoms with van der Waals surface area (Å²) in [5.74, 6) is -0.454. The van der Waals surface area contributed by atoms with Crippen LogP contribution in [0.2, 0.25) is 5.02 Å². The summed E-state index contributed by atoms with van der Waals surface area (Å²) in [7, 11) is 0. The fourth-order valence-corrected chi connectivity index (χ4v) is 3.59. The summed E-state index contributed by atoms with van der Waals surface area (Å²) in [4.78, 5) is 25.9. The van der Waals surface area contributed by atoms with E-state index in [1.54, 1.807) is 66.7 Å². The van der Waals surface area contributed by atoms with E-state index in [1.807, 2.05) is 6.07 Å². The van der Waals surface area contributed by atoms with Crippen LogP contribution in [0.4, 0.5) is 5.69 Å². The first-order valence-corrected chi connectivity index (χ1v) is 9.55. The minimum Gasteiger partial charge on any atom is -0.319 e. The van der Waals surface area contributed by atoms with E-state index in [4.69, 9.17) is 11.6 Å². The number of benzene rings is 3. The molecule has 5 nitrogen and oxygen atoms in total. The zero-order valence-corrected chi connectivity index (χ0v) is 16.7. The predicted octanol–water partition coefficient (Wildman–Crippen LogP) is 5.05. The summed E-state index contributed by atoms with van der Waals surface area (Å²) in [6, 6.07) is 21.0. The van der Waals surface area contributed by atoms with E-state index < -0.39 is 5.91 Å². The van der Waals surface area contributed by atoms with E-state index in [0.29, 0.717) is 27.2 Å². The van der Waals surface area contributed by atoms with E-state index in [-0.39, 0.29) is 11.3 Å². The summed E-state index contributed by atoms with van der Waals surface area (Å²) < 4.78 is 2.04. The van der Waals surface area contributed by atoms with Crippen LogP contribution in [0.5, 0.6) is 0 Å². The topological polar surface area (TPSA) is 64.0 Å². The molecule has 0 fully saturated rings. The molecule has 4 rings (SSSR count). The molecule has 0 saturated heterocycles. The number of hydrogen-bond donors (Lipinski definition) is 1. The Morgan fingerprint density at radius 3 is 2.36 bits per heavy atom. The number of carbonyl (C=O) groups excluding carboxylic acids is 1. The fraction of sp³-hybridized carbons (Fsp3) is 0. The largest absolute Gasteiger partial charge is 0.319 e. The third kappa shape index (κ3) is 3.44. The third-order valence-electron chi connectivity index (χ3n) is 4.20. The van der Waals surface area contributed by atoms with Gasteiger partial charge in [0.05, 0.1) is 21.8 Å². The lowest BCUT2D eigenvalue weighted by molar-refractivity contribution is 0.102. The van der Waals surface area contributed by atoms with Crippen molar-refractivity contribution in [1.29, 1.82) is 0 Å². The van der Waals surface area contributed by atoms with Gasteiger partial charge in [-0.25, -0.2) is 0 Å². The average Bonchev–Trinajstić information content (AvgIpc) is 2.71. The summed E-state index contributed by atoms with van der Waals surface area (Å²) in [6.45, 7) is 0. The molecule has 0 aliphatic heterocycles. The van der Waals surface area contributed by atoms with Crippen molar-refractivity contribution in [3.05, 3.63) is 98.3 Å². The number of para-hydroxylation sites is 1. The van der Waals surface area contributed by atoms with Crippen molar-refractivity contribution >= 4 is 49.9 Å². The lowest BCUT2D eigenvalue weighted by atomic mass is 10.1. The first kappa shape index (κ1) is 18.4. The molecule has 138 valence electrons. The minimum atomic E-state index is -0.454. The van der Waals surface area contributed by atoms with Crippen LogP contribution in [0, 0.1) is 0 Å². The molecule has 0 radical (unpaired) electrons. The number of hydrogen-bond acceptors (Lipinski definition) is 3. The molecule has 7 heteroatoms. The Kier molecular flexibility index (Phi) is 4.98. The van der Waals surface area contributed by atoms with Gasteiger partial charge in [-0.1, -0.05) is 63.9 Å². The van der Waals surface area contributed by atoms with Gasteiger partial charge < -0.3 is 5.32 Å². The van der Waals surface area contributed by atoms with Crippen LogP contribution < -0.4 is 10.9 Å². The van der Waals surface area contributed by atoms with Gasteiger partial charge in [0.2, 0.25) is 0 Å². The summed E-state index contributed by atoms with van der Waals surface area (Å²) in [5, 5.41) is 8.41. The van der Waals surface area contributed by atoms with Crippen molar-refractivity contribution in [3.8, 4) is 5.69 Å². The molecular formula is C21H13BrClN3O2. The highest BCUT2D eigenvalue weighted by atomic mass is 79.9. The van der Waals surface area contributed by atoms with Gasteiger partial charge in [-0.2, -0.15) is 9.78 Å². The van der Waals surface area contributed by atoms with E-state index in [2.05, 4.69) is 26.3 Å². The average molecular weight is 455 g/mol. The van der Waals surface area contributed by atoms with Crippen molar-refractivity contribution < 1.29 is 4.79 Å². The molecule has 1 N–H and O–H groups in total. The highest BCUT2D eigenvalue weighted by molar-refractivity contribution is 9.10. The molecule has 0 saturated carbocycles. The van der Waals surface area contributed by atoms with Gasteiger partial charge in [-0.05, 0) is 36.4 Å². The van der Waals surface area contributed by atoms with Crippen molar-refractivity contribution in [2.24, 2.45) is 0 Å². The van der Waals surface area contributed by atoms with Gasteiger partial charge in [0.25, 0.3) is 11.5 Å². The zero-order valence-electron chi connectivity index (χ0n) is 14.4. The number of nitrogens with one attached hydrogen (secondary N) is 1. The van der Waals surface area contributed by atoms with Crippen molar-refractivity contribution in [2.45, 2.75) is 0 Å². The first-order chi connectivity index (χ1) is 13.5. The van der Waals surface area contributed by atoms with E-state index in [0.717, 1.165) is 4.47 Å². The molecule has 1 aromatic heterocycles. The quantitative estimate of drug-likeness (QED) is 0.471. The molecule has 0 unspecified atom stereocenters. The maximum atomic E-state index is 13.0. The van der Waals surface area contributed by atoms with Gasteiger partial charge in [0.15, 0.2) is 5.69 Å². The summed E-state index contributed by atoms with van der Waals surface area (Å²) in [6.07, 6.45) is 0. The van der Waals surface area contributed by atoms with Crippen molar-refractivity contribution in [1.82, 2.24) is 9.78 Å². The standard InChI is InChI=1S/C21H13BrClN3O2/c22-13-10-11-18(17(23)12-13)24-20(27)19-15-8-4-5-9-16(15)21(28)26(25-19)14-6-2-1-3-7-14/h1-12H,(H,24,27). The molecule has 1 heterocycles. The molecule has 0 bridgehead atoms. The zero-order chi connectivity index (χ0) is 19.7. The van der Waals surface area contributed by atoms with Crippen LogP contribution in [0.25, 0.3) is 16.5 Å². The number of aromatic nitrogens is 2. The second-order valence-electron chi connectivity index (χ2n) is 6.02. The number of fused-ring (bicyclic) bond motifs is 1. The Morgan fingerprint density at radius 2 is 1.64 bits per heavy atom. The van der Waals surface area contributed by atoms with E-state index >= 15 is 0 Å². The summed E-state index contributed by atoms with van der Waals surface area (Å²) >= 11 is 9.55. The molecule has 0 atom stereocenters. The van der Waals surface area contributed by atoms with E-state index in [1.165, 1.54) is 4.68 Å². The molecule has 28 heavy (non-hydrogen) atoms. The molecule has 0 aliphatic carbocycles. The Hall–Kier alpha value is -2.96. The van der Waals surface area contributed by atoms with Crippen LogP contribution in [-0.2, 0) is 0 Å². The minimum absolute atomic E-state index is 0.137. The van der Waals surface area contributed by atoms with Crippen LogP contribution in [0.1, 0.15) is 10.5 Å². The van der Waals surface area contributed by atoms with Crippen LogP contribution in [0.15, 0.2) is 82.1 Å². The number of halogens is 2. The highest BCUT2D eigenvalue weighted by Gasteiger charge is 2.18. The normalized spacial score (nSPS) is 10.8. The number of carbonyl (C=O) groups is 1. The van der Waals surface area contributed by atoms with Gasteiger partial charge in [0.1, 0.15) is 0 Å². The van der Waals surface area contributed by atoms with Gasteiger partial charge in [-0.15, -0.1) is 0 Å². The monoisotopic (exact) mass is 453 g/mol. The Balaban J connectivity index is 1.87. The number of nitrogens with zero attached hydrogens (tertiary/aromatic N) is 2. The van der Waals surface area contributed by atoms with Crippen LogP contribution in [-0.4, -0.2) is 15.7 Å². The molecule has 0 aliphatic rings. The van der Waals surface area contributed by atoms with Crippen molar-refractivity contribution in [2.75, 3.05) is 5.32 Å². The smallest absolute Gasteiger partial charge is 0.279 e. The summed E-state index contributed by atoms with van der Waals surface area (Å²) in [5.41, 5.74) is 0.880. The fourth-order valence-electron chi connectivity index (χ4n) is 2.87. The lowest BCUT2D eigenvalue weighted by Gasteiger charge is -2.12. The van der Waals surface area contributed by atoms with Crippen LogP contribution in [0.3, 0.4) is 0 Å². The highest BCUT2D eigenvalue weighted by Crippen LogP contribution is 2.26. The number of amides is 1. The molecular weight excluding hydrogens is 442 g/mol. The van der Waals surface area contributed by atoms with Crippen LogP contribution >= 0.6 is 27.5 Å². The van der Waals surface area contributed by atoms with Gasteiger partial charge in [0, 0.05) is 9.86 Å². The van der Waals surface area contributed by atoms with Gasteiger partial charge in [-0.3, -0.25) is 9.59 Å². The Bertz CT molecular complexity index is 1260. The third-order valence-corrected chi connectivity index (χ3v) is 5.01. The number of rotatable bonds is 3. The number of anilines is 1. The Labute approximate surface area is 173 Å². The second-order valence-corrected chi connectivity index (χ2v) is 7.35. The maximum Gasteiger partial charge on any atom is 0.279 e. The molecule has 4 aromatic rings. The molecule has 3 aromatic carbocycles. The SMILES string of the molecule is O=C(Nc1ccc(Br)cc1Cl)c1nn(-c2ccccc2)c(=O)c2ccccc12. The predicted molar refractivity (Wildman–Crippen MR) is 114 cm³/mol. The Morgan fingerprint density at radius 1 is 0.964 bits per heavy atom. The maximum absolute atomic E-state index is 13.0. The van der Waals surface area contributed by atoms with Gasteiger partial charge >= 0.3 is 0 Å². The van der Waals surface area contributed by atoms with E-state index in [9.17, 15) is 9.59 Å².